The number of hydrogen-bond acceptors (Lipinski definition) is 7. The van der Waals surface area contributed by atoms with Gasteiger partial charge in [0.2, 0.25) is 0 Å². The fourth-order valence-electron chi connectivity index (χ4n) is 3.31. The van der Waals surface area contributed by atoms with E-state index in [1.54, 1.807) is 0 Å². The van der Waals surface area contributed by atoms with Crippen LogP contribution >= 0.6 is 0 Å². The van der Waals surface area contributed by atoms with Crippen LogP contribution in [0.15, 0.2) is 48.5 Å². The number of carbonyl (C=O) groups is 2. The first-order valence-corrected chi connectivity index (χ1v) is 10.1. The Labute approximate surface area is 190 Å². The van der Waals surface area contributed by atoms with E-state index in [9.17, 15) is 19.7 Å². The monoisotopic (exact) mass is 452 g/mol. The zero-order valence-electron chi connectivity index (χ0n) is 18.5. The summed E-state index contributed by atoms with van der Waals surface area (Å²) in [4.78, 5) is 34.6. The molecule has 0 saturated carbocycles. The molecule has 33 heavy (non-hydrogen) atoms. The molecule has 0 fully saturated rings. The second-order valence-corrected chi connectivity index (χ2v) is 7.29. The van der Waals surface area contributed by atoms with Gasteiger partial charge in [0, 0.05) is 29.9 Å². The molecule has 0 spiro atoms. The van der Waals surface area contributed by atoms with Gasteiger partial charge in [-0.25, -0.2) is 4.79 Å². The highest BCUT2D eigenvalue weighted by Gasteiger charge is 2.20. The van der Waals surface area contributed by atoms with E-state index in [2.05, 4.69) is 15.2 Å². The molecule has 1 amide bonds. The summed E-state index contributed by atoms with van der Waals surface area (Å²) < 4.78 is 11.8. The van der Waals surface area contributed by atoms with Crippen LogP contribution < -0.4 is 10.1 Å². The second kappa shape index (κ2) is 10.4. The zero-order valence-corrected chi connectivity index (χ0v) is 18.5. The molecule has 0 saturated heterocycles. The van der Waals surface area contributed by atoms with Crippen LogP contribution in [0.2, 0.25) is 0 Å². The van der Waals surface area contributed by atoms with Crippen LogP contribution in [0.4, 0.5) is 5.69 Å². The van der Waals surface area contributed by atoms with Gasteiger partial charge in [-0.1, -0.05) is 30.3 Å². The molecule has 1 heterocycles. The van der Waals surface area contributed by atoms with Gasteiger partial charge in [-0.3, -0.25) is 19.6 Å². The molecule has 2 aromatic carbocycles. The van der Waals surface area contributed by atoms with Crippen LogP contribution in [-0.4, -0.2) is 40.3 Å². The molecular weight excluding hydrogens is 428 g/mol. The number of aryl methyl sites for hydroxylation is 1. The second-order valence-electron chi connectivity index (χ2n) is 7.29. The molecule has 10 nitrogen and oxygen atoms in total. The average molecular weight is 452 g/mol. The normalized spacial score (nSPS) is 10.5. The molecule has 3 aromatic rings. The first-order chi connectivity index (χ1) is 15.8. The summed E-state index contributed by atoms with van der Waals surface area (Å²) in [6.45, 7) is 4.20. The van der Waals surface area contributed by atoms with Gasteiger partial charge in [0.05, 0.1) is 29.8 Å². The first-order valence-electron chi connectivity index (χ1n) is 10.1. The number of nitro benzene ring substituents is 1. The lowest BCUT2D eigenvalue weighted by atomic mass is 10.2. The van der Waals surface area contributed by atoms with E-state index in [-0.39, 0.29) is 23.5 Å². The van der Waals surface area contributed by atoms with Crippen LogP contribution in [0.3, 0.4) is 0 Å². The summed E-state index contributed by atoms with van der Waals surface area (Å²) in [5.41, 5.74) is 3.45. The number of carbonyl (C=O) groups excluding carboxylic acids is 2. The number of hydrogen-bond donors (Lipinski definition) is 1. The lowest BCUT2D eigenvalue weighted by Gasteiger charge is -2.10. The Morgan fingerprint density at radius 2 is 1.88 bits per heavy atom. The molecule has 0 atom stereocenters. The number of amides is 1. The van der Waals surface area contributed by atoms with Crippen molar-refractivity contribution in [2.75, 3.05) is 13.7 Å². The number of nitrogens with one attached hydrogen (secondary N) is 1. The van der Waals surface area contributed by atoms with Gasteiger partial charge in [0.15, 0.2) is 12.4 Å². The molecule has 10 heteroatoms. The molecular formula is C23H24N4O6. The van der Waals surface area contributed by atoms with Crippen molar-refractivity contribution in [1.82, 2.24) is 15.1 Å². The van der Waals surface area contributed by atoms with Gasteiger partial charge in [-0.2, -0.15) is 5.10 Å². The highest BCUT2D eigenvalue weighted by atomic mass is 16.6. The van der Waals surface area contributed by atoms with E-state index in [1.807, 2.05) is 48.9 Å². The SMILES string of the molecule is COC(=O)c1ccc([N+](=O)[O-])c(OCC(=O)NCc2c(C)nn(Cc3ccccc3)c2C)c1. The van der Waals surface area contributed by atoms with Crippen molar-refractivity contribution in [3.8, 4) is 5.75 Å². The van der Waals surface area contributed by atoms with Gasteiger partial charge >= 0.3 is 11.7 Å². The minimum atomic E-state index is -0.669. The van der Waals surface area contributed by atoms with E-state index in [4.69, 9.17) is 4.74 Å². The maximum atomic E-state index is 12.3. The number of benzene rings is 2. The predicted octanol–water partition coefficient (Wildman–Crippen LogP) is 2.94. The summed E-state index contributed by atoms with van der Waals surface area (Å²) >= 11 is 0. The molecule has 0 unspecified atom stereocenters. The number of aromatic nitrogens is 2. The van der Waals surface area contributed by atoms with Crippen molar-refractivity contribution in [3.05, 3.63) is 86.7 Å². The smallest absolute Gasteiger partial charge is 0.337 e. The summed E-state index contributed by atoms with van der Waals surface area (Å²) in [5, 5.41) is 18.5. The molecule has 0 aliphatic rings. The van der Waals surface area contributed by atoms with Crippen molar-refractivity contribution in [3.63, 3.8) is 0 Å². The highest BCUT2D eigenvalue weighted by molar-refractivity contribution is 5.90. The Kier molecular flexibility index (Phi) is 7.39. The Morgan fingerprint density at radius 3 is 2.55 bits per heavy atom. The Balaban J connectivity index is 1.63. The van der Waals surface area contributed by atoms with Gasteiger partial charge in [-0.15, -0.1) is 0 Å². The molecule has 1 aromatic heterocycles. The van der Waals surface area contributed by atoms with E-state index >= 15 is 0 Å². The van der Waals surface area contributed by atoms with Crippen molar-refractivity contribution in [2.24, 2.45) is 0 Å². The molecule has 0 radical (unpaired) electrons. The molecule has 0 aliphatic carbocycles. The highest BCUT2D eigenvalue weighted by Crippen LogP contribution is 2.28. The summed E-state index contributed by atoms with van der Waals surface area (Å²) in [7, 11) is 1.20. The number of methoxy groups -OCH3 is 1. The largest absolute Gasteiger partial charge is 0.477 e. The van der Waals surface area contributed by atoms with Crippen LogP contribution in [0.25, 0.3) is 0 Å². The van der Waals surface area contributed by atoms with Crippen molar-refractivity contribution in [2.45, 2.75) is 26.9 Å². The predicted molar refractivity (Wildman–Crippen MR) is 119 cm³/mol. The molecule has 3 rings (SSSR count). The van der Waals surface area contributed by atoms with E-state index in [0.717, 1.165) is 28.6 Å². The zero-order chi connectivity index (χ0) is 24.0. The number of nitrogens with zero attached hydrogens (tertiary/aromatic N) is 3. The van der Waals surface area contributed by atoms with E-state index in [0.29, 0.717) is 6.54 Å². The van der Waals surface area contributed by atoms with Gasteiger partial charge in [-0.05, 0) is 25.5 Å². The minimum absolute atomic E-state index is 0.0792. The summed E-state index contributed by atoms with van der Waals surface area (Å²) in [6.07, 6.45) is 0. The van der Waals surface area contributed by atoms with E-state index in [1.165, 1.54) is 19.2 Å². The molecule has 0 bridgehead atoms. The Bertz CT molecular complexity index is 1170. The van der Waals surface area contributed by atoms with Gasteiger partial charge in [0.1, 0.15) is 0 Å². The fraction of sp³-hybridized carbons (Fsp3) is 0.261. The van der Waals surface area contributed by atoms with Crippen LogP contribution in [-0.2, 0) is 22.6 Å². The van der Waals surface area contributed by atoms with E-state index < -0.39 is 23.4 Å². The van der Waals surface area contributed by atoms with Crippen molar-refractivity contribution in [1.29, 1.82) is 0 Å². The third kappa shape index (κ3) is 5.73. The van der Waals surface area contributed by atoms with Gasteiger partial charge < -0.3 is 14.8 Å². The third-order valence-corrected chi connectivity index (χ3v) is 5.11. The average Bonchev–Trinajstić information content (AvgIpc) is 3.08. The number of rotatable bonds is 9. The Hall–Kier alpha value is -4.21. The van der Waals surface area contributed by atoms with Gasteiger partial charge in [0.25, 0.3) is 5.91 Å². The maximum Gasteiger partial charge on any atom is 0.337 e. The summed E-state index contributed by atoms with van der Waals surface area (Å²) in [6, 6.07) is 13.5. The van der Waals surface area contributed by atoms with Crippen LogP contribution in [0.5, 0.6) is 5.75 Å². The number of esters is 1. The fourth-order valence-corrected chi connectivity index (χ4v) is 3.31. The summed E-state index contributed by atoms with van der Waals surface area (Å²) in [5.74, 6) is -1.33. The Morgan fingerprint density at radius 1 is 1.15 bits per heavy atom. The minimum Gasteiger partial charge on any atom is -0.477 e. The maximum absolute atomic E-state index is 12.3. The van der Waals surface area contributed by atoms with Crippen LogP contribution in [0.1, 0.15) is 32.9 Å². The number of ether oxygens (including phenoxy) is 2. The lowest BCUT2D eigenvalue weighted by Crippen LogP contribution is -2.29. The van der Waals surface area contributed by atoms with Crippen molar-refractivity contribution >= 4 is 17.6 Å². The molecule has 0 aliphatic heterocycles. The molecule has 172 valence electrons. The quantitative estimate of drug-likeness (QED) is 0.300. The standard InChI is InChI=1S/C23H24N4O6/c1-15-19(16(2)26(25-15)13-17-7-5-4-6-8-17)12-24-22(28)14-33-21-11-18(23(29)32-3)9-10-20(21)27(30)31/h4-11H,12-14H2,1-3H3,(H,24,28). The van der Waals surface area contributed by atoms with Crippen LogP contribution in [0, 0.1) is 24.0 Å². The molecule has 1 N–H and O–H groups in total. The topological polar surface area (TPSA) is 126 Å². The third-order valence-electron chi connectivity index (χ3n) is 5.11. The van der Waals surface area contributed by atoms with Crippen molar-refractivity contribution < 1.29 is 24.0 Å². The lowest BCUT2D eigenvalue weighted by molar-refractivity contribution is -0.385. The first kappa shape index (κ1) is 23.5. The number of nitro groups is 1.